The van der Waals surface area contributed by atoms with Crippen molar-refractivity contribution in [3.05, 3.63) is 35.9 Å². The van der Waals surface area contributed by atoms with Gasteiger partial charge < -0.3 is 5.11 Å². The zero-order chi connectivity index (χ0) is 11.5. The summed E-state index contributed by atoms with van der Waals surface area (Å²) in [6, 6.07) is 8.52. The van der Waals surface area contributed by atoms with Crippen molar-refractivity contribution < 1.29 is 14.7 Å². The predicted octanol–water partition coefficient (Wildman–Crippen LogP) is 2.83. The number of carbonyl (C=O) groups is 2. The van der Waals surface area contributed by atoms with Crippen LogP contribution in [0.1, 0.15) is 16.8 Å². The first-order chi connectivity index (χ1) is 6.93. The van der Waals surface area contributed by atoms with Gasteiger partial charge in [-0.25, -0.2) is 0 Å². The Morgan fingerprint density at radius 3 is 2.20 bits per heavy atom. The summed E-state index contributed by atoms with van der Waals surface area (Å²) in [4.78, 5) is 22.4. The Kier molecular flexibility index (Phi) is 4.04. The van der Waals surface area contributed by atoms with Crippen molar-refractivity contribution in [3.8, 4) is 0 Å². The Morgan fingerprint density at radius 1 is 1.20 bits per heavy atom. The van der Waals surface area contributed by atoms with Gasteiger partial charge in [0.1, 0.15) is 0 Å². The second-order valence-electron chi connectivity index (χ2n) is 2.97. The van der Waals surface area contributed by atoms with E-state index in [-0.39, 0.29) is 12.2 Å². The van der Waals surface area contributed by atoms with E-state index >= 15 is 0 Å². The van der Waals surface area contributed by atoms with E-state index in [0.29, 0.717) is 5.56 Å². The van der Waals surface area contributed by atoms with Crippen LogP contribution in [0.2, 0.25) is 0 Å². The molecule has 0 bridgehead atoms. The molecule has 0 fully saturated rings. The lowest BCUT2D eigenvalue weighted by atomic mass is 10.1. The van der Waals surface area contributed by atoms with Crippen molar-refractivity contribution >= 4 is 43.6 Å². The summed E-state index contributed by atoms with van der Waals surface area (Å²) in [5.74, 6) is -1.35. The number of ketones is 1. The summed E-state index contributed by atoms with van der Waals surface area (Å²) in [5, 5.41) is 8.63. The number of aliphatic carboxylic acids is 1. The smallest absolute Gasteiger partial charge is 0.306 e. The fourth-order valence-electron chi connectivity index (χ4n) is 1.07. The van der Waals surface area contributed by atoms with E-state index in [2.05, 4.69) is 31.9 Å². The number of benzene rings is 1. The third kappa shape index (κ3) is 3.43. The monoisotopic (exact) mass is 334 g/mol. The predicted molar refractivity (Wildman–Crippen MR) is 63.6 cm³/mol. The van der Waals surface area contributed by atoms with Crippen molar-refractivity contribution in [2.75, 3.05) is 0 Å². The molecule has 1 aromatic rings. The van der Waals surface area contributed by atoms with Crippen LogP contribution in [0.3, 0.4) is 0 Å². The average Bonchev–Trinajstić information content (AvgIpc) is 2.16. The third-order valence-electron chi connectivity index (χ3n) is 1.74. The Bertz CT molecular complexity index is 374. The molecule has 80 valence electrons. The lowest BCUT2D eigenvalue weighted by Gasteiger charge is -2.16. The molecule has 1 N–H and O–H groups in total. The molecule has 0 aromatic heterocycles. The Balaban J connectivity index is 2.89. The van der Waals surface area contributed by atoms with E-state index in [1.54, 1.807) is 30.3 Å². The van der Waals surface area contributed by atoms with Gasteiger partial charge in [-0.3, -0.25) is 9.59 Å². The average molecular weight is 336 g/mol. The van der Waals surface area contributed by atoms with Gasteiger partial charge in [0, 0.05) is 5.56 Å². The number of rotatable bonds is 4. The first-order valence-corrected chi connectivity index (χ1v) is 5.71. The maximum absolute atomic E-state index is 11.8. The summed E-state index contributed by atoms with van der Waals surface area (Å²) in [5.41, 5.74) is 0.465. The number of alkyl halides is 2. The van der Waals surface area contributed by atoms with Gasteiger partial charge >= 0.3 is 5.97 Å². The number of hydrogen-bond acceptors (Lipinski definition) is 2. The van der Waals surface area contributed by atoms with Crippen LogP contribution >= 0.6 is 31.9 Å². The highest BCUT2D eigenvalue weighted by atomic mass is 79.9. The van der Waals surface area contributed by atoms with Crippen LogP contribution in [0.25, 0.3) is 0 Å². The highest BCUT2D eigenvalue weighted by Crippen LogP contribution is 2.34. The van der Waals surface area contributed by atoms with Crippen molar-refractivity contribution in [2.24, 2.45) is 0 Å². The standard InChI is InChI=1S/C10H8Br2O3/c11-10(12,6-8(13)14)9(15)7-4-2-1-3-5-7/h1-5H,6H2,(H,13,14). The van der Waals surface area contributed by atoms with Crippen LogP contribution in [0, 0.1) is 0 Å². The van der Waals surface area contributed by atoms with Crippen molar-refractivity contribution in [3.63, 3.8) is 0 Å². The third-order valence-corrected chi connectivity index (χ3v) is 3.02. The van der Waals surface area contributed by atoms with Crippen LogP contribution in [-0.2, 0) is 4.79 Å². The molecule has 0 heterocycles. The highest BCUT2D eigenvalue weighted by Gasteiger charge is 2.35. The molecule has 0 spiro atoms. The molecule has 0 unspecified atom stereocenters. The molecular weight excluding hydrogens is 328 g/mol. The molecule has 0 aliphatic carbocycles. The maximum atomic E-state index is 11.8. The molecule has 0 atom stereocenters. The number of Topliss-reactive ketones (excluding diaryl/α,β-unsaturated/α-hetero) is 1. The van der Waals surface area contributed by atoms with Gasteiger partial charge in [0.05, 0.1) is 6.42 Å². The Hall–Kier alpha value is -0.680. The molecule has 0 saturated heterocycles. The van der Waals surface area contributed by atoms with Gasteiger partial charge in [-0.1, -0.05) is 62.2 Å². The molecule has 0 radical (unpaired) electrons. The zero-order valence-electron chi connectivity index (χ0n) is 7.61. The van der Waals surface area contributed by atoms with E-state index in [9.17, 15) is 9.59 Å². The fraction of sp³-hybridized carbons (Fsp3) is 0.200. The minimum absolute atomic E-state index is 0.300. The first kappa shape index (κ1) is 12.4. The molecule has 0 amide bonds. The van der Waals surface area contributed by atoms with Crippen LogP contribution in [0.4, 0.5) is 0 Å². The number of carboxylic acid groups (broad SMARTS) is 1. The number of hydrogen-bond donors (Lipinski definition) is 1. The zero-order valence-corrected chi connectivity index (χ0v) is 10.8. The largest absolute Gasteiger partial charge is 0.481 e. The second-order valence-corrected chi connectivity index (χ2v) is 6.74. The van der Waals surface area contributed by atoms with Crippen LogP contribution in [-0.4, -0.2) is 20.1 Å². The van der Waals surface area contributed by atoms with Gasteiger partial charge in [-0.05, 0) is 0 Å². The summed E-state index contributed by atoms with van der Waals surface area (Å²) in [6.07, 6.45) is -0.319. The molecule has 3 nitrogen and oxygen atoms in total. The molecule has 1 rings (SSSR count). The SMILES string of the molecule is O=C(O)CC(Br)(Br)C(=O)c1ccccc1. The van der Waals surface area contributed by atoms with Crippen LogP contribution < -0.4 is 0 Å². The summed E-state index contributed by atoms with van der Waals surface area (Å²) >= 11 is 6.14. The molecular formula is C10H8Br2O3. The molecule has 0 aliphatic heterocycles. The lowest BCUT2D eigenvalue weighted by molar-refractivity contribution is -0.136. The Morgan fingerprint density at radius 2 is 1.73 bits per heavy atom. The van der Waals surface area contributed by atoms with Crippen molar-refractivity contribution in [2.45, 2.75) is 9.65 Å². The number of carbonyl (C=O) groups excluding carboxylic acids is 1. The van der Waals surface area contributed by atoms with Gasteiger partial charge in [0.15, 0.2) is 9.02 Å². The van der Waals surface area contributed by atoms with Crippen molar-refractivity contribution in [1.29, 1.82) is 0 Å². The number of carboxylic acids is 1. The highest BCUT2D eigenvalue weighted by molar-refractivity contribution is 9.26. The Labute approximate surface area is 104 Å². The minimum Gasteiger partial charge on any atom is -0.481 e. The summed E-state index contributed by atoms with van der Waals surface area (Å²) in [6.45, 7) is 0. The quantitative estimate of drug-likeness (QED) is 0.680. The van der Waals surface area contributed by atoms with E-state index in [0.717, 1.165) is 0 Å². The van der Waals surface area contributed by atoms with Gasteiger partial charge in [0.25, 0.3) is 0 Å². The molecule has 15 heavy (non-hydrogen) atoms. The van der Waals surface area contributed by atoms with E-state index in [1.165, 1.54) is 0 Å². The van der Waals surface area contributed by atoms with Crippen molar-refractivity contribution in [1.82, 2.24) is 0 Å². The molecule has 5 heteroatoms. The lowest BCUT2D eigenvalue weighted by Crippen LogP contribution is -2.28. The van der Waals surface area contributed by atoms with E-state index in [4.69, 9.17) is 5.11 Å². The topological polar surface area (TPSA) is 54.4 Å². The second kappa shape index (κ2) is 4.90. The van der Waals surface area contributed by atoms with Gasteiger partial charge in [0.2, 0.25) is 0 Å². The van der Waals surface area contributed by atoms with Crippen LogP contribution in [0.5, 0.6) is 0 Å². The van der Waals surface area contributed by atoms with Gasteiger partial charge in [-0.15, -0.1) is 0 Å². The normalized spacial score (nSPS) is 11.1. The summed E-state index contributed by atoms with van der Waals surface area (Å²) in [7, 11) is 0. The minimum atomic E-state index is -1.23. The van der Waals surface area contributed by atoms with E-state index in [1.807, 2.05) is 0 Å². The summed E-state index contributed by atoms with van der Waals surface area (Å²) < 4.78 is -1.23. The molecule has 0 saturated carbocycles. The van der Waals surface area contributed by atoms with Crippen LogP contribution in [0.15, 0.2) is 30.3 Å². The molecule has 0 aliphatic rings. The number of halogens is 2. The maximum Gasteiger partial charge on any atom is 0.306 e. The van der Waals surface area contributed by atoms with E-state index < -0.39 is 9.20 Å². The first-order valence-electron chi connectivity index (χ1n) is 4.13. The molecule has 1 aromatic carbocycles. The fourth-order valence-corrected chi connectivity index (χ4v) is 2.01. The van der Waals surface area contributed by atoms with Gasteiger partial charge in [-0.2, -0.15) is 0 Å².